The Balaban J connectivity index is 2.57. The van der Waals surface area contributed by atoms with Crippen molar-refractivity contribution in [3.05, 3.63) is 45.6 Å². The van der Waals surface area contributed by atoms with Gasteiger partial charge in [0.15, 0.2) is 0 Å². The fourth-order valence-electron chi connectivity index (χ4n) is 1.26. The van der Waals surface area contributed by atoms with Crippen molar-refractivity contribution in [2.45, 2.75) is 0 Å². The predicted molar refractivity (Wildman–Crippen MR) is 60.2 cm³/mol. The highest BCUT2D eigenvalue weighted by molar-refractivity contribution is 7.08. The van der Waals surface area contributed by atoms with Crippen molar-refractivity contribution in [2.24, 2.45) is 0 Å². The average molecular weight is 223 g/mol. The Kier molecular flexibility index (Phi) is 2.66. The highest BCUT2D eigenvalue weighted by Crippen LogP contribution is 2.29. The Bertz CT molecular complexity index is 448. The SMILES string of the molecule is O=Cc1ccc(Cl)c(-c2ccsc2)c1. The molecule has 2 rings (SSSR count). The molecule has 0 atom stereocenters. The monoisotopic (exact) mass is 222 g/mol. The van der Waals surface area contributed by atoms with Crippen LogP contribution in [0.2, 0.25) is 5.02 Å². The normalized spacial score (nSPS) is 10.1. The van der Waals surface area contributed by atoms with E-state index in [4.69, 9.17) is 11.6 Å². The molecule has 0 aliphatic heterocycles. The Hall–Kier alpha value is -1.12. The molecule has 0 saturated carbocycles. The molecule has 0 aliphatic carbocycles. The standard InChI is InChI=1S/C11H7ClOS/c12-11-2-1-8(6-13)5-10(11)9-3-4-14-7-9/h1-7H. The molecule has 0 aliphatic rings. The predicted octanol–water partition coefficient (Wildman–Crippen LogP) is 3.88. The van der Waals surface area contributed by atoms with Gasteiger partial charge in [-0.2, -0.15) is 11.3 Å². The summed E-state index contributed by atoms with van der Waals surface area (Å²) in [6, 6.07) is 7.25. The second-order valence-corrected chi connectivity index (χ2v) is 4.06. The van der Waals surface area contributed by atoms with Crippen LogP contribution in [0.4, 0.5) is 0 Å². The fraction of sp³-hybridized carbons (Fsp3) is 0. The van der Waals surface area contributed by atoms with Crippen LogP contribution in [-0.4, -0.2) is 6.29 Å². The molecule has 0 bridgehead atoms. The third-order valence-electron chi connectivity index (χ3n) is 1.96. The summed E-state index contributed by atoms with van der Waals surface area (Å²) in [6.45, 7) is 0. The van der Waals surface area contributed by atoms with Crippen molar-refractivity contribution >= 4 is 29.2 Å². The minimum Gasteiger partial charge on any atom is -0.298 e. The van der Waals surface area contributed by atoms with Crippen LogP contribution in [0.25, 0.3) is 11.1 Å². The van der Waals surface area contributed by atoms with Gasteiger partial charge in [-0.15, -0.1) is 0 Å². The molecule has 1 aromatic carbocycles. The van der Waals surface area contributed by atoms with Gasteiger partial charge in [0.25, 0.3) is 0 Å². The second kappa shape index (κ2) is 3.95. The van der Waals surface area contributed by atoms with E-state index in [0.29, 0.717) is 10.6 Å². The molecule has 3 heteroatoms. The summed E-state index contributed by atoms with van der Waals surface area (Å²) >= 11 is 7.64. The average Bonchev–Trinajstić information content (AvgIpc) is 2.71. The van der Waals surface area contributed by atoms with E-state index in [1.807, 2.05) is 16.8 Å². The van der Waals surface area contributed by atoms with Gasteiger partial charge in [-0.05, 0) is 34.5 Å². The van der Waals surface area contributed by atoms with Gasteiger partial charge in [-0.3, -0.25) is 4.79 Å². The molecule has 0 amide bonds. The Morgan fingerprint density at radius 1 is 1.29 bits per heavy atom. The molecule has 1 nitrogen and oxygen atoms in total. The van der Waals surface area contributed by atoms with Crippen molar-refractivity contribution in [2.75, 3.05) is 0 Å². The first kappa shape index (κ1) is 9.44. The summed E-state index contributed by atoms with van der Waals surface area (Å²) in [5.41, 5.74) is 2.62. The Labute approximate surface area is 91.0 Å². The Morgan fingerprint density at radius 2 is 2.14 bits per heavy atom. The molecule has 1 heterocycles. The highest BCUT2D eigenvalue weighted by Gasteiger charge is 2.04. The van der Waals surface area contributed by atoms with Crippen LogP contribution in [0.1, 0.15) is 10.4 Å². The van der Waals surface area contributed by atoms with E-state index in [1.165, 1.54) is 0 Å². The molecule has 0 spiro atoms. The lowest BCUT2D eigenvalue weighted by atomic mass is 10.1. The molecule has 0 unspecified atom stereocenters. The van der Waals surface area contributed by atoms with E-state index in [1.54, 1.807) is 29.5 Å². The molecule has 0 radical (unpaired) electrons. The third kappa shape index (κ3) is 1.72. The zero-order valence-corrected chi connectivity index (χ0v) is 8.81. The summed E-state index contributed by atoms with van der Waals surface area (Å²) in [5.74, 6) is 0. The number of hydrogen-bond donors (Lipinski definition) is 0. The molecule has 0 fully saturated rings. The number of hydrogen-bond acceptors (Lipinski definition) is 2. The van der Waals surface area contributed by atoms with Crippen LogP contribution in [-0.2, 0) is 0 Å². The Morgan fingerprint density at radius 3 is 2.79 bits per heavy atom. The van der Waals surface area contributed by atoms with E-state index < -0.39 is 0 Å². The molecular weight excluding hydrogens is 216 g/mol. The minimum atomic E-state index is 0.649. The van der Waals surface area contributed by atoms with Crippen LogP contribution >= 0.6 is 22.9 Å². The van der Waals surface area contributed by atoms with E-state index >= 15 is 0 Å². The summed E-state index contributed by atoms with van der Waals surface area (Å²) in [5, 5.41) is 4.67. The summed E-state index contributed by atoms with van der Waals surface area (Å²) < 4.78 is 0. The summed E-state index contributed by atoms with van der Waals surface area (Å²) in [4.78, 5) is 10.6. The zero-order chi connectivity index (χ0) is 9.97. The number of thiophene rings is 1. The second-order valence-electron chi connectivity index (χ2n) is 2.87. The number of benzene rings is 1. The number of halogens is 1. The lowest BCUT2D eigenvalue weighted by Crippen LogP contribution is -1.82. The van der Waals surface area contributed by atoms with Gasteiger partial charge in [-0.25, -0.2) is 0 Å². The number of carbonyl (C=O) groups is 1. The highest BCUT2D eigenvalue weighted by atomic mass is 35.5. The molecule has 1 aromatic heterocycles. The van der Waals surface area contributed by atoms with Crippen molar-refractivity contribution in [1.29, 1.82) is 0 Å². The first-order valence-electron chi connectivity index (χ1n) is 4.08. The van der Waals surface area contributed by atoms with Crippen molar-refractivity contribution in [1.82, 2.24) is 0 Å². The minimum absolute atomic E-state index is 0.649. The lowest BCUT2D eigenvalue weighted by molar-refractivity contribution is 0.112. The van der Waals surface area contributed by atoms with E-state index in [9.17, 15) is 4.79 Å². The molecule has 2 aromatic rings. The number of carbonyl (C=O) groups excluding carboxylic acids is 1. The first-order valence-corrected chi connectivity index (χ1v) is 5.40. The first-order chi connectivity index (χ1) is 6.81. The molecule has 0 saturated heterocycles. The lowest BCUT2D eigenvalue weighted by Gasteiger charge is -2.01. The third-order valence-corrected chi connectivity index (χ3v) is 2.97. The van der Waals surface area contributed by atoms with Gasteiger partial charge in [0, 0.05) is 16.1 Å². The van der Waals surface area contributed by atoms with E-state index in [-0.39, 0.29) is 0 Å². The van der Waals surface area contributed by atoms with Crippen molar-refractivity contribution in [3.63, 3.8) is 0 Å². The van der Waals surface area contributed by atoms with Gasteiger partial charge in [-0.1, -0.05) is 17.7 Å². The summed E-state index contributed by atoms with van der Waals surface area (Å²) in [6.07, 6.45) is 0.826. The summed E-state index contributed by atoms with van der Waals surface area (Å²) in [7, 11) is 0. The largest absolute Gasteiger partial charge is 0.298 e. The maximum atomic E-state index is 10.6. The van der Waals surface area contributed by atoms with Gasteiger partial charge < -0.3 is 0 Å². The van der Waals surface area contributed by atoms with Crippen LogP contribution in [0.5, 0.6) is 0 Å². The topological polar surface area (TPSA) is 17.1 Å². The molecule has 70 valence electrons. The molecular formula is C11H7ClOS. The van der Waals surface area contributed by atoms with Gasteiger partial charge in [0.1, 0.15) is 6.29 Å². The zero-order valence-electron chi connectivity index (χ0n) is 7.24. The van der Waals surface area contributed by atoms with Crippen LogP contribution in [0, 0.1) is 0 Å². The molecule has 14 heavy (non-hydrogen) atoms. The van der Waals surface area contributed by atoms with Crippen LogP contribution < -0.4 is 0 Å². The van der Waals surface area contributed by atoms with E-state index in [2.05, 4.69) is 0 Å². The number of rotatable bonds is 2. The van der Waals surface area contributed by atoms with Crippen molar-refractivity contribution < 1.29 is 4.79 Å². The smallest absolute Gasteiger partial charge is 0.150 e. The maximum absolute atomic E-state index is 10.6. The quantitative estimate of drug-likeness (QED) is 0.705. The van der Waals surface area contributed by atoms with E-state index in [0.717, 1.165) is 17.4 Å². The van der Waals surface area contributed by atoms with Gasteiger partial charge in [0.2, 0.25) is 0 Å². The van der Waals surface area contributed by atoms with Crippen LogP contribution in [0.3, 0.4) is 0 Å². The van der Waals surface area contributed by atoms with Crippen LogP contribution in [0.15, 0.2) is 35.0 Å². The van der Waals surface area contributed by atoms with Crippen molar-refractivity contribution in [3.8, 4) is 11.1 Å². The number of aldehydes is 1. The fourth-order valence-corrected chi connectivity index (χ4v) is 2.14. The van der Waals surface area contributed by atoms with Gasteiger partial charge >= 0.3 is 0 Å². The molecule has 0 N–H and O–H groups in total. The van der Waals surface area contributed by atoms with Gasteiger partial charge in [0.05, 0.1) is 0 Å². The maximum Gasteiger partial charge on any atom is 0.150 e.